The van der Waals surface area contributed by atoms with Crippen LogP contribution >= 0.6 is 23.2 Å². The summed E-state index contributed by atoms with van der Waals surface area (Å²) in [7, 11) is 0. The summed E-state index contributed by atoms with van der Waals surface area (Å²) in [6, 6.07) is 8.36. The van der Waals surface area contributed by atoms with E-state index >= 15 is 0 Å². The van der Waals surface area contributed by atoms with Crippen molar-refractivity contribution in [2.75, 3.05) is 6.61 Å². The summed E-state index contributed by atoms with van der Waals surface area (Å²) in [6.45, 7) is -0.307. The Morgan fingerprint density at radius 1 is 1.10 bits per heavy atom. The van der Waals surface area contributed by atoms with Crippen molar-refractivity contribution >= 4 is 29.0 Å². The van der Waals surface area contributed by atoms with E-state index < -0.39 is 5.78 Å². The molecule has 0 aromatic heterocycles. The van der Waals surface area contributed by atoms with E-state index in [9.17, 15) is 9.90 Å². The first-order valence-electron chi connectivity index (χ1n) is 5.60. The Balaban J connectivity index is 2.10. The fourth-order valence-electron chi connectivity index (χ4n) is 1.56. The fraction of sp³-hybridized carbons (Fsp3) is 0.0714. The van der Waals surface area contributed by atoms with E-state index in [2.05, 4.69) is 0 Å². The van der Waals surface area contributed by atoms with E-state index in [1.165, 1.54) is 18.2 Å². The monoisotopic (exact) mass is 312 g/mol. The van der Waals surface area contributed by atoms with E-state index in [0.29, 0.717) is 10.0 Å². The average Bonchev–Trinajstić information content (AvgIpc) is 2.39. The van der Waals surface area contributed by atoms with Gasteiger partial charge in [0.1, 0.15) is 17.2 Å². The first-order valence-corrected chi connectivity index (χ1v) is 6.36. The number of hydrogen-bond donors (Lipinski definition) is 2. The second-order valence-electron chi connectivity index (χ2n) is 3.99. The molecule has 104 valence electrons. The van der Waals surface area contributed by atoms with Crippen molar-refractivity contribution in [3.8, 4) is 17.2 Å². The van der Waals surface area contributed by atoms with Gasteiger partial charge in [0, 0.05) is 17.2 Å². The molecule has 0 spiro atoms. The van der Waals surface area contributed by atoms with Crippen LogP contribution < -0.4 is 4.74 Å². The molecule has 0 aliphatic heterocycles. The Kier molecular flexibility index (Phi) is 4.37. The molecule has 20 heavy (non-hydrogen) atoms. The molecule has 2 N–H and O–H groups in total. The second-order valence-corrected chi connectivity index (χ2v) is 4.83. The molecule has 0 aliphatic carbocycles. The van der Waals surface area contributed by atoms with Crippen molar-refractivity contribution in [2.24, 2.45) is 0 Å². The molecular weight excluding hydrogens is 303 g/mol. The van der Waals surface area contributed by atoms with Crippen LogP contribution in [0.15, 0.2) is 36.4 Å². The molecule has 0 fully saturated rings. The van der Waals surface area contributed by atoms with Gasteiger partial charge in [0.15, 0.2) is 6.61 Å². The van der Waals surface area contributed by atoms with Crippen LogP contribution in [0.5, 0.6) is 17.2 Å². The second kappa shape index (κ2) is 6.03. The summed E-state index contributed by atoms with van der Waals surface area (Å²) in [4.78, 5) is 11.9. The van der Waals surface area contributed by atoms with E-state index in [0.717, 1.165) is 6.07 Å². The van der Waals surface area contributed by atoms with Crippen LogP contribution in [0.1, 0.15) is 10.4 Å². The van der Waals surface area contributed by atoms with Crippen LogP contribution in [0.4, 0.5) is 0 Å². The molecular formula is C14H10Cl2O4. The lowest BCUT2D eigenvalue weighted by Gasteiger charge is -2.08. The summed E-state index contributed by atoms with van der Waals surface area (Å²) in [5, 5.41) is 19.5. The third kappa shape index (κ3) is 3.35. The normalized spacial score (nSPS) is 10.3. The molecule has 0 unspecified atom stereocenters. The van der Waals surface area contributed by atoms with Crippen molar-refractivity contribution in [3.63, 3.8) is 0 Å². The Morgan fingerprint density at radius 3 is 2.55 bits per heavy atom. The number of Topliss-reactive ketones (excluding diaryl/α,β-unsaturated/α-hetero) is 1. The van der Waals surface area contributed by atoms with Gasteiger partial charge in [-0.1, -0.05) is 23.2 Å². The molecule has 0 radical (unpaired) electrons. The molecule has 0 saturated carbocycles. The molecule has 0 heterocycles. The number of phenolic OH excluding ortho intramolecular Hbond substituents is 2. The Hall–Kier alpha value is -1.91. The van der Waals surface area contributed by atoms with Gasteiger partial charge in [-0.05, 0) is 24.3 Å². The summed E-state index contributed by atoms with van der Waals surface area (Å²) in [6.07, 6.45) is 0. The van der Waals surface area contributed by atoms with Crippen LogP contribution in [0.3, 0.4) is 0 Å². The number of carbonyl (C=O) groups is 1. The molecule has 2 aromatic carbocycles. The third-order valence-corrected chi connectivity index (χ3v) is 3.08. The summed E-state index contributed by atoms with van der Waals surface area (Å²) in [5.74, 6) is -0.599. The van der Waals surface area contributed by atoms with Gasteiger partial charge in [0.05, 0.1) is 10.6 Å². The predicted octanol–water partition coefficient (Wildman–Crippen LogP) is 3.67. The van der Waals surface area contributed by atoms with Gasteiger partial charge >= 0.3 is 0 Å². The van der Waals surface area contributed by atoms with Crippen molar-refractivity contribution in [1.82, 2.24) is 0 Å². The molecule has 0 saturated heterocycles. The van der Waals surface area contributed by atoms with Crippen LogP contribution in [0.25, 0.3) is 0 Å². The highest BCUT2D eigenvalue weighted by Crippen LogP contribution is 2.28. The summed E-state index contributed by atoms with van der Waals surface area (Å²) < 4.78 is 5.28. The molecule has 6 heteroatoms. The topological polar surface area (TPSA) is 66.8 Å². The van der Waals surface area contributed by atoms with E-state index in [1.54, 1.807) is 12.1 Å². The third-order valence-electron chi connectivity index (χ3n) is 2.53. The highest BCUT2D eigenvalue weighted by molar-refractivity contribution is 6.34. The lowest BCUT2D eigenvalue weighted by molar-refractivity contribution is 0.0919. The molecule has 0 amide bonds. The fourth-order valence-corrected chi connectivity index (χ4v) is 1.90. The van der Waals surface area contributed by atoms with Gasteiger partial charge in [-0.25, -0.2) is 0 Å². The molecule has 2 rings (SSSR count). The van der Waals surface area contributed by atoms with Crippen molar-refractivity contribution in [3.05, 3.63) is 52.0 Å². The van der Waals surface area contributed by atoms with Gasteiger partial charge in [0.25, 0.3) is 0 Å². The van der Waals surface area contributed by atoms with Gasteiger partial charge < -0.3 is 14.9 Å². The number of hydrogen-bond acceptors (Lipinski definition) is 4. The van der Waals surface area contributed by atoms with Crippen LogP contribution in [0.2, 0.25) is 10.0 Å². The maximum atomic E-state index is 11.9. The zero-order valence-electron chi connectivity index (χ0n) is 10.1. The Labute approximate surface area is 125 Å². The van der Waals surface area contributed by atoms with Crippen molar-refractivity contribution < 1.29 is 19.7 Å². The lowest BCUT2D eigenvalue weighted by atomic mass is 10.1. The van der Waals surface area contributed by atoms with Crippen LogP contribution in [0, 0.1) is 0 Å². The SMILES string of the molecule is O=C(COc1cc(Cl)ccc1Cl)c1ccc(O)cc1O. The maximum Gasteiger partial charge on any atom is 0.203 e. The van der Waals surface area contributed by atoms with E-state index in [1.807, 2.05) is 0 Å². The average molecular weight is 313 g/mol. The highest BCUT2D eigenvalue weighted by atomic mass is 35.5. The minimum atomic E-state index is -0.446. The van der Waals surface area contributed by atoms with E-state index in [-0.39, 0.29) is 29.4 Å². The zero-order chi connectivity index (χ0) is 14.7. The number of ketones is 1. The number of carbonyl (C=O) groups excluding carboxylic acids is 1. The Bertz CT molecular complexity index is 656. The summed E-state index contributed by atoms with van der Waals surface area (Å²) in [5.41, 5.74) is 0.0564. The number of phenols is 2. The van der Waals surface area contributed by atoms with Gasteiger partial charge in [-0.2, -0.15) is 0 Å². The maximum absolute atomic E-state index is 11.9. The smallest absolute Gasteiger partial charge is 0.203 e. The number of aromatic hydroxyl groups is 2. The van der Waals surface area contributed by atoms with Crippen molar-refractivity contribution in [2.45, 2.75) is 0 Å². The number of benzene rings is 2. The quantitative estimate of drug-likeness (QED) is 0.845. The number of ether oxygens (including phenoxy) is 1. The first kappa shape index (κ1) is 14.5. The zero-order valence-corrected chi connectivity index (χ0v) is 11.6. The minimum absolute atomic E-state index is 0.0564. The van der Waals surface area contributed by atoms with E-state index in [4.69, 9.17) is 33.0 Å². The molecule has 2 aromatic rings. The molecule has 0 bridgehead atoms. The molecule has 0 aliphatic rings. The van der Waals surface area contributed by atoms with Crippen LogP contribution in [-0.4, -0.2) is 22.6 Å². The number of halogens is 2. The minimum Gasteiger partial charge on any atom is -0.508 e. The number of rotatable bonds is 4. The highest BCUT2D eigenvalue weighted by Gasteiger charge is 2.13. The summed E-state index contributed by atoms with van der Waals surface area (Å²) >= 11 is 11.7. The first-order chi connectivity index (χ1) is 9.47. The largest absolute Gasteiger partial charge is 0.508 e. The van der Waals surface area contributed by atoms with Gasteiger partial charge in [0.2, 0.25) is 5.78 Å². The Morgan fingerprint density at radius 2 is 1.85 bits per heavy atom. The van der Waals surface area contributed by atoms with Crippen molar-refractivity contribution in [1.29, 1.82) is 0 Å². The van der Waals surface area contributed by atoms with Gasteiger partial charge in [-0.15, -0.1) is 0 Å². The standard InChI is InChI=1S/C14H10Cl2O4/c15-8-1-4-11(16)14(5-8)20-7-13(19)10-3-2-9(17)6-12(10)18/h1-6,17-18H,7H2. The predicted molar refractivity (Wildman–Crippen MR) is 76.1 cm³/mol. The molecule has 4 nitrogen and oxygen atoms in total. The molecule has 0 atom stereocenters. The van der Waals surface area contributed by atoms with Gasteiger partial charge in [-0.3, -0.25) is 4.79 Å². The van der Waals surface area contributed by atoms with Crippen LogP contribution in [-0.2, 0) is 0 Å². The lowest BCUT2D eigenvalue weighted by Crippen LogP contribution is -2.12.